The number of carbonyl (C=O) groups is 4. The third-order valence-electron chi connectivity index (χ3n) is 2.63. The first-order chi connectivity index (χ1) is 10.8. The van der Waals surface area contributed by atoms with Gasteiger partial charge >= 0.3 is 17.9 Å². The monoisotopic (exact) mass is 321 g/mol. The van der Waals surface area contributed by atoms with Gasteiger partial charge in [0.25, 0.3) is 5.91 Å². The summed E-state index contributed by atoms with van der Waals surface area (Å²) in [7, 11) is 0. The quantitative estimate of drug-likeness (QED) is 0.493. The van der Waals surface area contributed by atoms with Gasteiger partial charge in [0.05, 0.1) is 5.56 Å². The van der Waals surface area contributed by atoms with Gasteiger partial charge in [0.2, 0.25) is 0 Å². The number of rotatable bonds is 7. The number of carbonyl (C=O) groups excluding carboxylic acids is 2. The summed E-state index contributed by atoms with van der Waals surface area (Å²) < 4.78 is 4.91. The maximum atomic E-state index is 11.8. The van der Waals surface area contributed by atoms with Crippen LogP contribution in [0.25, 0.3) is 6.08 Å². The minimum absolute atomic E-state index is 0.176. The predicted octanol–water partition coefficient (Wildman–Crippen LogP) is 0.530. The smallest absolute Gasteiger partial charge is 0.338 e. The molecule has 0 saturated heterocycles. The first kappa shape index (κ1) is 17.9. The van der Waals surface area contributed by atoms with E-state index in [1.807, 2.05) is 0 Å². The molecule has 0 aliphatic heterocycles. The number of ether oxygens (including phenoxy) is 1. The van der Waals surface area contributed by atoms with E-state index >= 15 is 0 Å². The summed E-state index contributed by atoms with van der Waals surface area (Å²) in [6.07, 6.45) is 1.18. The zero-order valence-electron chi connectivity index (χ0n) is 12.2. The van der Waals surface area contributed by atoms with Crippen molar-refractivity contribution < 1.29 is 34.1 Å². The lowest BCUT2D eigenvalue weighted by Gasteiger charge is -2.12. The van der Waals surface area contributed by atoms with Crippen LogP contribution >= 0.6 is 0 Å². The van der Waals surface area contributed by atoms with Gasteiger partial charge in [-0.05, 0) is 30.7 Å². The number of benzene rings is 1. The standard InChI is InChI=1S/C15H15NO7/c1-9(14(21)16-8-13(19)20)23-15(22)11-5-2-10(3-6-11)4-7-12(17)18/h2-7,9H,8H2,1H3,(H,16,21)(H,17,18)(H,19,20)/b7-4+. The molecule has 0 spiro atoms. The van der Waals surface area contributed by atoms with Crippen LogP contribution in [0.4, 0.5) is 0 Å². The van der Waals surface area contributed by atoms with Crippen LogP contribution in [0.1, 0.15) is 22.8 Å². The molecule has 0 heterocycles. The van der Waals surface area contributed by atoms with Crippen molar-refractivity contribution in [1.82, 2.24) is 5.32 Å². The molecule has 0 fully saturated rings. The van der Waals surface area contributed by atoms with Crippen LogP contribution in [0.3, 0.4) is 0 Å². The van der Waals surface area contributed by atoms with E-state index in [1.54, 1.807) is 0 Å². The van der Waals surface area contributed by atoms with Crippen molar-refractivity contribution in [3.63, 3.8) is 0 Å². The summed E-state index contributed by atoms with van der Waals surface area (Å²) in [6, 6.07) is 5.88. The molecule has 23 heavy (non-hydrogen) atoms. The fraction of sp³-hybridized carbons (Fsp3) is 0.200. The summed E-state index contributed by atoms with van der Waals surface area (Å²) >= 11 is 0. The van der Waals surface area contributed by atoms with Gasteiger partial charge in [-0.25, -0.2) is 9.59 Å². The number of hydrogen-bond donors (Lipinski definition) is 3. The van der Waals surface area contributed by atoms with Crippen LogP contribution in [-0.4, -0.2) is 46.7 Å². The molecule has 122 valence electrons. The number of carboxylic acids is 2. The normalized spacial score (nSPS) is 11.7. The van der Waals surface area contributed by atoms with E-state index in [9.17, 15) is 19.2 Å². The van der Waals surface area contributed by atoms with Crippen LogP contribution in [0.2, 0.25) is 0 Å². The van der Waals surface area contributed by atoms with Gasteiger partial charge in [-0.2, -0.15) is 0 Å². The van der Waals surface area contributed by atoms with Gasteiger partial charge in [-0.15, -0.1) is 0 Å². The van der Waals surface area contributed by atoms with Crippen molar-refractivity contribution in [1.29, 1.82) is 0 Å². The Morgan fingerprint density at radius 3 is 2.30 bits per heavy atom. The van der Waals surface area contributed by atoms with Crippen LogP contribution < -0.4 is 5.32 Å². The van der Waals surface area contributed by atoms with Crippen LogP contribution in [0.5, 0.6) is 0 Å². The molecule has 8 nitrogen and oxygen atoms in total. The molecule has 0 bridgehead atoms. The minimum Gasteiger partial charge on any atom is -0.480 e. The van der Waals surface area contributed by atoms with E-state index < -0.39 is 36.5 Å². The fourth-order valence-electron chi connectivity index (χ4n) is 1.49. The molecule has 8 heteroatoms. The third-order valence-corrected chi connectivity index (χ3v) is 2.63. The van der Waals surface area contributed by atoms with E-state index in [2.05, 4.69) is 5.32 Å². The summed E-state index contributed by atoms with van der Waals surface area (Å²) in [6.45, 7) is 0.754. The van der Waals surface area contributed by atoms with Crippen molar-refractivity contribution in [3.8, 4) is 0 Å². The van der Waals surface area contributed by atoms with Crippen LogP contribution in [-0.2, 0) is 19.1 Å². The van der Waals surface area contributed by atoms with E-state index in [0.29, 0.717) is 5.56 Å². The second-order valence-corrected chi connectivity index (χ2v) is 4.45. The molecular weight excluding hydrogens is 306 g/mol. The first-order valence-corrected chi connectivity index (χ1v) is 6.51. The van der Waals surface area contributed by atoms with Gasteiger partial charge in [0.1, 0.15) is 6.54 Å². The molecule has 0 aliphatic rings. The predicted molar refractivity (Wildman–Crippen MR) is 78.6 cm³/mol. The zero-order valence-corrected chi connectivity index (χ0v) is 12.2. The third kappa shape index (κ3) is 6.42. The summed E-state index contributed by atoms with van der Waals surface area (Å²) in [5, 5.41) is 19.0. The highest BCUT2D eigenvalue weighted by Crippen LogP contribution is 2.09. The topological polar surface area (TPSA) is 130 Å². The van der Waals surface area contributed by atoms with Gasteiger partial charge in [0.15, 0.2) is 6.10 Å². The Labute approximate surface area is 131 Å². The molecule has 3 N–H and O–H groups in total. The summed E-state index contributed by atoms with van der Waals surface area (Å²) in [4.78, 5) is 44.1. The number of carboxylic acid groups (broad SMARTS) is 2. The van der Waals surface area contributed by atoms with Crippen molar-refractivity contribution in [3.05, 3.63) is 41.5 Å². The average molecular weight is 321 g/mol. The lowest BCUT2D eigenvalue weighted by atomic mass is 10.1. The Morgan fingerprint density at radius 2 is 1.78 bits per heavy atom. The number of esters is 1. The van der Waals surface area contributed by atoms with Crippen molar-refractivity contribution >= 4 is 29.9 Å². The van der Waals surface area contributed by atoms with Crippen molar-refractivity contribution in [2.45, 2.75) is 13.0 Å². The van der Waals surface area contributed by atoms with E-state index in [-0.39, 0.29) is 5.56 Å². The van der Waals surface area contributed by atoms with Crippen molar-refractivity contribution in [2.75, 3.05) is 6.54 Å². The average Bonchev–Trinajstić information content (AvgIpc) is 2.50. The molecule has 0 radical (unpaired) electrons. The molecule has 1 aromatic carbocycles. The maximum absolute atomic E-state index is 11.8. The van der Waals surface area contributed by atoms with E-state index in [4.69, 9.17) is 14.9 Å². The Morgan fingerprint density at radius 1 is 1.17 bits per heavy atom. The maximum Gasteiger partial charge on any atom is 0.338 e. The number of amides is 1. The largest absolute Gasteiger partial charge is 0.480 e. The molecular formula is C15H15NO7. The zero-order chi connectivity index (χ0) is 17.4. The Balaban J connectivity index is 2.62. The fourth-order valence-corrected chi connectivity index (χ4v) is 1.49. The molecule has 0 aliphatic carbocycles. The molecule has 1 aromatic rings. The number of aliphatic carboxylic acids is 2. The molecule has 1 amide bonds. The Kier molecular flexibility index (Phi) is 6.47. The van der Waals surface area contributed by atoms with Gasteiger partial charge in [-0.3, -0.25) is 9.59 Å². The lowest BCUT2D eigenvalue weighted by Crippen LogP contribution is -2.38. The SMILES string of the molecule is CC(OC(=O)c1ccc(/C=C/C(=O)O)cc1)C(=O)NCC(=O)O. The second kappa shape index (κ2) is 8.32. The Hall–Kier alpha value is -3.16. The molecule has 1 unspecified atom stereocenters. The van der Waals surface area contributed by atoms with Gasteiger partial charge in [0, 0.05) is 6.08 Å². The summed E-state index contributed by atoms with van der Waals surface area (Å²) in [5.74, 6) is -3.77. The van der Waals surface area contributed by atoms with E-state index in [0.717, 1.165) is 6.08 Å². The number of nitrogens with one attached hydrogen (secondary N) is 1. The molecule has 1 rings (SSSR count). The van der Waals surface area contributed by atoms with Crippen LogP contribution in [0, 0.1) is 0 Å². The summed E-state index contributed by atoms with van der Waals surface area (Å²) in [5.41, 5.74) is 0.756. The second-order valence-electron chi connectivity index (χ2n) is 4.45. The molecule has 1 atom stereocenters. The van der Waals surface area contributed by atoms with E-state index in [1.165, 1.54) is 37.3 Å². The molecule has 0 saturated carbocycles. The highest BCUT2D eigenvalue weighted by atomic mass is 16.5. The highest BCUT2D eigenvalue weighted by molar-refractivity contribution is 5.93. The molecule has 0 aromatic heterocycles. The van der Waals surface area contributed by atoms with Crippen LogP contribution in [0.15, 0.2) is 30.3 Å². The number of hydrogen-bond acceptors (Lipinski definition) is 5. The lowest BCUT2D eigenvalue weighted by molar-refractivity contribution is -0.139. The van der Waals surface area contributed by atoms with Gasteiger partial charge in [-0.1, -0.05) is 12.1 Å². The first-order valence-electron chi connectivity index (χ1n) is 6.51. The van der Waals surface area contributed by atoms with Crippen molar-refractivity contribution in [2.24, 2.45) is 0 Å². The minimum atomic E-state index is -1.21. The van der Waals surface area contributed by atoms with Gasteiger partial charge < -0.3 is 20.3 Å². The highest BCUT2D eigenvalue weighted by Gasteiger charge is 2.19. The Bertz CT molecular complexity index is 634.